The van der Waals surface area contributed by atoms with Crippen molar-refractivity contribution in [2.75, 3.05) is 0 Å². The Morgan fingerprint density at radius 1 is 1.19 bits per heavy atom. The largest absolute Gasteiger partial charge is 0.392 e. The average molecular weight is 277 g/mol. The second-order valence-electron chi connectivity index (χ2n) is 4.41. The maximum atomic E-state index is 9.38. The zero-order valence-corrected chi connectivity index (χ0v) is 10.5. The summed E-state index contributed by atoms with van der Waals surface area (Å²) in [6.07, 6.45) is 2.59. The van der Waals surface area contributed by atoms with Gasteiger partial charge in [-0.25, -0.2) is 0 Å². The molecule has 2 aromatic carbocycles. The molecule has 1 fully saturated rings. The van der Waals surface area contributed by atoms with Crippen molar-refractivity contribution in [3.8, 4) is 0 Å². The maximum absolute atomic E-state index is 9.38. The van der Waals surface area contributed by atoms with E-state index in [4.69, 9.17) is 0 Å². The van der Waals surface area contributed by atoms with Crippen LogP contribution in [0.1, 0.15) is 29.9 Å². The number of aliphatic hydroxyl groups is 1. The summed E-state index contributed by atoms with van der Waals surface area (Å²) >= 11 is 3.64. The van der Waals surface area contributed by atoms with E-state index in [-0.39, 0.29) is 6.61 Å². The fourth-order valence-electron chi connectivity index (χ4n) is 2.35. The van der Waals surface area contributed by atoms with Crippen LogP contribution in [0.3, 0.4) is 0 Å². The lowest BCUT2D eigenvalue weighted by molar-refractivity contribution is 0.283. The number of rotatable bonds is 2. The van der Waals surface area contributed by atoms with E-state index in [1.165, 1.54) is 29.2 Å². The van der Waals surface area contributed by atoms with Gasteiger partial charge in [0.2, 0.25) is 0 Å². The van der Waals surface area contributed by atoms with Crippen LogP contribution >= 0.6 is 15.9 Å². The lowest BCUT2D eigenvalue weighted by atomic mass is 9.97. The van der Waals surface area contributed by atoms with Crippen LogP contribution in [0.4, 0.5) is 0 Å². The van der Waals surface area contributed by atoms with E-state index in [9.17, 15) is 5.11 Å². The summed E-state index contributed by atoms with van der Waals surface area (Å²) in [4.78, 5) is 0. The molecule has 1 aliphatic rings. The number of hydrogen-bond acceptors (Lipinski definition) is 1. The Morgan fingerprint density at radius 2 is 1.88 bits per heavy atom. The average Bonchev–Trinajstić information content (AvgIpc) is 3.12. The fourth-order valence-corrected chi connectivity index (χ4v) is 3.17. The minimum absolute atomic E-state index is 0.101. The molecule has 0 saturated heterocycles. The molecule has 0 spiro atoms. The van der Waals surface area contributed by atoms with E-state index in [0.717, 1.165) is 10.0 Å². The summed E-state index contributed by atoms with van der Waals surface area (Å²) in [5.74, 6) is 0.715. The van der Waals surface area contributed by atoms with Crippen LogP contribution in [0.2, 0.25) is 0 Å². The Kier molecular flexibility index (Phi) is 2.49. The van der Waals surface area contributed by atoms with Crippen LogP contribution in [0.5, 0.6) is 0 Å². The van der Waals surface area contributed by atoms with Crippen molar-refractivity contribution in [1.29, 1.82) is 0 Å². The summed E-state index contributed by atoms with van der Waals surface area (Å²) in [6.45, 7) is 0.101. The molecule has 0 aromatic heterocycles. The van der Waals surface area contributed by atoms with Gasteiger partial charge in [0.15, 0.2) is 0 Å². The molecule has 2 heteroatoms. The minimum Gasteiger partial charge on any atom is -0.392 e. The molecule has 1 N–H and O–H groups in total. The van der Waals surface area contributed by atoms with E-state index >= 15 is 0 Å². The molecule has 1 saturated carbocycles. The van der Waals surface area contributed by atoms with E-state index in [1.54, 1.807) is 0 Å². The van der Waals surface area contributed by atoms with E-state index in [1.807, 2.05) is 6.07 Å². The number of halogens is 1. The van der Waals surface area contributed by atoms with Crippen molar-refractivity contribution in [2.45, 2.75) is 25.4 Å². The highest BCUT2D eigenvalue weighted by atomic mass is 79.9. The Hall–Kier alpha value is -0.860. The van der Waals surface area contributed by atoms with Gasteiger partial charge in [-0.1, -0.05) is 40.2 Å². The molecule has 3 rings (SSSR count). The number of fused-ring (bicyclic) bond motifs is 1. The van der Waals surface area contributed by atoms with Crippen molar-refractivity contribution >= 4 is 26.7 Å². The summed E-state index contributed by atoms with van der Waals surface area (Å²) in [5, 5.41) is 11.9. The van der Waals surface area contributed by atoms with Crippen molar-refractivity contribution < 1.29 is 5.11 Å². The smallest absolute Gasteiger partial charge is 0.0688 e. The SMILES string of the molecule is OCc1cc(Br)c(C2CC2)c2ccccc12. The summed E-state index contributed by atoms with van der Waals surface area (Å²) < 4.78 is 1.15. The van der Waals surface area contributed by atoms with Gasteiger partial charge in [-0.15, -0.1) is 0 Å². The molecule has 16 heavy (non-hydrogen) atoms. The quantitative estimate of drug-likeness (QED) is 0.880. The molecular formula is C14H13BrO. The van der Waals surface area contributed by atoms with Gasteiger partial charge < -0.3 is 5.11 Å². The van der Waals surface area contributed by atoms with Gasteiger partial charge in [0.05, 0.1) is 6.61 Å². The fraction of sp³-hybridized carbons (Fsp3) is 0.286. The standard InChI is InChI=1S/C14H13BrO/c15-13-7-10(8-16)11-3-1-2-4-12(11)14(13)9-5-6-9/h1-4,7,9,16H,5-6,8H2. The Balaban J connectivity index is 2.36. The summed E-state index contributed by atoms with van der Waals surface area (Å²) in [7, 11) is 0. The van der Waals surface area contributed by atoms with Crippen LogP contribution in [0, 0.1) is 0 Å². The highest BCUT2D eigenvalue weighted by Gasteiger charge is 2.27. The highest BCUT2D eigenvalue weighted by Crippen LogP contribution is 2.47. The molecular weight excluding hydrogens is 264 g/mol. The Labute approximate surface area is 103 Å². The number of aliphatic hydroxyl groups excluding tert-OH is 1. The van der Waals surface area contributed by atoms with E-state index < -0.39 is 0 Å². The Morgan fingerprint density at radius 3 is 2.50 bits per heavy atom. The molecule has 0 amide bonds. The lowest BCUT2D eigenvalue weighted by Gasteiger charge is -2.11. The van der Waals surface area contributed by atoms with Crippen molar-refractivity contribution in [1.82, 2.24) is 0 Å². The third-order valence-corrected chi connectivity index (χ3v) is 3.93. The molecule has 2 aromatic rings. The first-order chi connectivity index (χ1) is 7.81. The first kappa shape index (κ1) is 10.3. The van der Waals surface area contributed by atoms with Gasteiger partial charge in [0.1, 0.15) is 0 Å². The Bertz CT molecular complexity index is 544. The van der Waals surface area contributed by atoms with Crippen LogP contribution in [0.15, 0.2) is 34.8 Å². The van der Waals surface area contributed by atoms with Crippen LogP contribution in [0.25, 0.3) is 10.8 Å². The first-order valence-electron chi connectivity index (χ1n) is 5.62. The van der Waals surface area contributed by atoms with Crippen molar-refractivity contribution in [3.05, 3.63) is 45.9 Å². The molecule has 0 unspecified atom stereocenters. The molecule has 1 nitrogen and oxygen atoms in total. The molecule has 0 atom stereocenters. The lowest BCUT2D eigenvalue weighted by Crippen LogP contribution is -1.92. The molecule has 82 valence electrons. The van der Waals surface area contributed by atoms with Crippen molar-refractivity contribution in [3.63, 3.8) is 0 Å². The monoisotopic (exact) mass is 276 g/mol. The molecule has 1 aliphatic carbocycles. The first-order valence-corrected chi connectivity index (χ1v) is 6.41. The molecule has 0 radical (unpaired) electrons. The predicted octanol–water partition coefficient (Wildman–Crippen LogP) is 3.97. The summed E-state index contributed by atoms with van der Waals surface area (Å²) in [6, 6.07) is 10.4. The van der Waals surface area contributed by atoms with Gasteiger partial charge in [0, 0.05) is 4.47 Å². The summed E-state index contributed by atoms with van der Waals surface area (Å²) in [5.41, 5.74) is 2.43. The normalized spacial score (nSPS) is 15.6. The van der Waals surface area contributed by atoms with Gasteiger partial charge in [-0.2, -0.15) is 0 Å². The number of hydrogen-bond donors (Lipinski definition) is 1. The molecule has 0 bridgehead atoms. The molecule has 0 heterocycles. The number of benzene rings is 2. The third kappa shape index (κ3) is 1.57. The third-order valence-electron chi connectivity index (χ3n) is 3.28. The zero-order valence-electron chi connectivity index (χ0n) is 8.91. The van der Waals surface area contributed by atoms with Crippen LogP contribution in [-0.2, 0) is 6.61 Å². The van der Waals surface area contributed by atoms with Gasteiger partial charge in [0.25, 0.3) is 0 Å². The second-order valence-corrected chi connectivity index (χ2v) is 5.26. The predicted molar refractivity (Wildman–Crippen MR) is 69.5 cm³/mol. The second kappa shape index (κ2) is 3.86. The zero-order chi connectivity index (χ0) is 11.1. The van der Waals surface area contributed by atoms with Crippen LogP contribution in [-0.4, -0.2) is 5.11 Å². The minimum atomic E-state index is 0.101. The van der Waals surface area contributed by atoms with E-state index in [0.29, 0.717) is 5.92 Å². The topological polar surface area (TPSA) is 20.2 Å². The van der Waals surface area contributed by atoms with Gasteiger partial charge in [-0.05, 0) is 46.7 Å². The van der Waals surface area contributed by atoms with Gasteiger partial charge >= 0.3 is 0 Å². The van der Waals surface area contributed by atoms with Crippen LogP contribution < -0.4 is 0 Å². The van der Waals surface area contributed by atoms with Crippen molar-refractivity contribution in [2.24, 2.45) is 0 Å². The highest BCUT2D eigenvalue weighted by molar-refractivity contribution is 9.10. The van der Waals surface area contributed by atoms with Gasteiger partial charge in [-0.3, -0.25) is 0 Å². The maximum Gasteiger partial charge on any atom is 0.0688 e. The van der Waals surface area contributed by atoms with E-state index in [2.05, 4.69) is 40.2 Å². The molecule has 0 aliphatic heterocycles.